The van der Waals surface area contributed by atoms with Crippen LogP contribution in [-0.4, -0.2) is 0 Å². The molecule has 0 spiro atoms. The minimum Gasteiger partial charge on any atom is -0.456 e. The van der Waals surface area contributed by atoms with Crippen LogP contribution in [0.2, 0.25) is 0 Å². The lowest BCUT2D eigenvalue weighted by Crippen LogP contribution is -1.72. The van der Waals surface area contributed by atoms with Crippen molar-refractivity contribution < 1.29 is 4.42 Å². The van der Waals surface area contributed by atoms with Crippen molar-refractivity contribution in [2.75, 3.05) is 0 Å². The monoisotopic (exact) mass is 198 g/mol. The van der Waals surface area contributed by atoms with Crippen molar-refractivity contribution in [1.82, 2.24) is 0 Å². The van der Waals surface area contributed by atoms with Crippen molar-refractivity contribution in [3.05, 3.63) is 21.7 Å². The number of halogens is 1. The minimum absolute atomic E-state index is 0.993. The molecular formula is C8H7BrO. The fourth-order valence-corrected chi connectivity index (χ4v) is 1.75. The molecule has 0 radical (unpaired) electrons. The lowest BCUT2D eigenvalue weighted by Gasteiger charge is -1.89. The molecule has 2 rings (SSSR count). The van der Waals surface area contributed by atoms with Gasteiger partial charge in [0.15, 0.2) is 0 Å². The van der Waals surface area contributed by atoms with Gasteiger partial charge in [0.2, 0.25) is 0 Å². The molecule has 2 heteroatoms. The zero-order chi connectivity index (χ0) is 7.30. The molecule has 0 aliphatic carbocycles. The van der Waals surface area contributed by atoms with Crippen LogP contribution in [-0.2, 0) is 0 Å². The van der Waals surface area contributed by atoms with E-state index in [-0.39, 0.29) is 0 Å². The summed E-state index contributed by atoms with van der Waals surface area (Å²) < 4.78 is 6.54. The summed E-state index contributed by atoms with van der Waals surface area (Å²) in [5.41, 5.74) is 4.42. The van der Waals surface area contributed by atoms with E-state index in [2.05, 4.69) is 35.8 Å². The summed E-state index contributed by atoms with van der Waals surface area (Å²) in [6.45, 7) is 4.10. The predicted molar refractivity (Wildman–Crippen MR) is 44.6 cm³/mol. The lowest BCUT2D eigenvalue weighted by atomic mass is 10.2. The molecule has 2 heterocycles. The van der Waals surface area contributed by atoms with E-state index >= 15 is 0 Å². The number of hydrogen-bond acceptors (Lipinski definition) is 1. The largest absolute Gasteiger partial charge is 0.456 e. The molecular weight excluding hydrogens is 192 g/mol. The van der Waals surface area contributed by atoms with Gasteiger partial charge in [-0.2, -0.15) is 0 Å². The van der Waals surface area contributed by atoms with Crippen LogP contribution in [0.4, 0.5) is 0 Å². The molecule has 0 unspecified atom stereocenters. The first-order chi connectivity index (χ1) is 4.70. The number of hydrogen-bond donors (Lipinski definition) is 0. The molecule has 0 N–H and O–H groups in total. The van der Waals surface area contributed by atoms with Gasteiger partial charge in [0, 0.05) is 5.56 Å². The highest BCUT2D eigenvalue weighted by Gasteiger charge is 2.13. The second-order valence-corrected chi connectivity index (χ2v) is 3.35. The zero-order valence-electron chi connectivity index (χ0n) is 5.86. The molecule has 0 saturated carbocycles. The summed E-state index contributed by atoms with van der Waals surface area (Å²) in [5.74, 6) is 0. The maximum atomic E-state index is 5.43. The normalized spacial score (nSPS) is 11.5. The molecule has 0 aliphatic heterocycles. The van der Waals surface area contributed by atoms with Gasteiger partial charge in [0.05, 0.1) is 4.47 Å². The Morgan fingerprint density at radius 3 is 2.50 bits per heavy atom. The van der Waals surface area contributed by atoms with Crippen LogP contribution in [0.25, 0.3) is 11.2 Å². The number of benzene rings is 1. The van der Waals surface area contributed by atoms with E-state index in [1.807, 2.05) is 0 Å². The predicted octanol–water partition coefficient (Wildman–Crippen LogP) is 3.25. The van der Waals surface area contributed by atoms with Gasteiger partial charge in [-0.15, -0.1) is 0 Å². The smallest absolute Gasteiger partial charge is 0.145 e. The third-order valence-electron chi connectivity index (χ3n) is 1.82. The average molecular weight is 199 g/mol. The van der Waals surface area contributed by atoms with Gasteiger partial charge in [-0.1, -0.05) is 0 Å². The highest BCUT2D eigenvalue weighted by Crippen LogP contribution is 2.35. The van der Waals surface area contributed by atoms with E-state index in [0.29, 0.717) is 0 Å². The molecule has 2 aromatic rings. The first-order valence-corrected chi connectivity index (χ1v) is 3.97. The number of aryl methyl sites for hydroxylation is 2. The number of furan rings is 2. The highest BCUT2D eigenvalue weighted by molar-refractivity contribution is 9.10. The molecule has 0 fully saturated rings. The van der Waals surface area contributed by atoms with Crippen molar-refractivity contribution >= 4 is 27.1 Å². The maximum Gasteiger partial charge on any atom is 0.145 e. The van der Waals surface area contributed by atoms with Crippen molar-refractivity contribution in [3.63, 3.8) is 0 Å². The van der Waals surface area contributed by atoms with E-state index < -0.39 is 0 Å². The summed E-state index contributed by atoms with van der Waals surface area (Å²) in [6, 6.07) is 2.06. The molecule has 0 saturated heterocycles. The Labute approximate surface area is 67.5 Å². The Kier molecular flexibility index (Phi) is 1.09. The van der Waals surface area contributed by atoms with Gasteiger partial charge < -0.3 is 4.42 Å². The van der Waals surface area contributed by atoms with Gasteiger partial charge >= 0.3 is 0 Å². The lowest BCUT2D eigenvalue weighted by molar-refractivity contribution is 0.671. The molecule has 0 amide bonds. The Morgan fingerprint density at radius 1 is 1.40 bits per heavy atom. The number of fused-ring (bicyclic) bond motifs is 2. The fourth-order valence-electron chi connectivity index (χ4n) is 1.16. The van der Waals surface area contributed by atoms with E-state index in [1.165, 1.54) is 11.1 Å². The first kappa shape index (κ1) is 6.23. The van der Waals surface area contributed by atoms with Crippen molar-refractivity contribution in [2.45, 2.75) is 13.8 Å². The summed E-state index contributed by atoms with van der Waals surface area (Å²) in [4.78, 5) is 0. The van der Waals surface area contributed by atoms with Crippen LogP contribution < -0.4 is 0 Å². The Morgan fingerprint density at radius 2 is 2.10 bits per heavy atom. The molecule has 2 bridgehead atoms. The van der Waals surface area contributed by atoms with Crippen LogP contribution in [0.1, 0.15) is 11.1 Å². The van der Waals surface area contributed by atoms with Crippen LogP contribution in [0, 0.1) is 13.8 Å². The first-order valence-electron chi connectivity index (χ1n) is 3.17. The maximum absolute atomic E-state index is 5.43. The second-order valence-electron chi connectivity index (χ2n) is 2.56. The molecule has 10 heavy (non-hydrogen) atoms. The Balaban J connectivity index is 2.95. The molecule has 0 atom stereocenters. The standard InChI is InChI=1S/C8H7BrO/c1-4-3-6-5(2)7(9)8(4)10-6/h3H,1-2H3. The van der Waals surface area contributed by atoms with Crippen molar-refractivity contribution in [3.8, 4) is 0 Å². The minimum atomic E-state index is 0.993. The topological polar surface area (TPSA) is 13.1 Å². The van der Waals surface area contributed by atoms with Gasteiger partial charge in [-0.25, -0.2) is 0 Å². The fraction of sp³-hybridized carbons (Fsp3) is 0.250. The zero-order valence-corrected chi connectivity index (χ0v) is 7.45. The summed E-state index contributed by atoms with van der Waals surface area (Å²) in [5, 5.41) is 0. The summed E-state index contributed by atoms with van der Waals surface area (Å²) in [7, 11) is 0. The second kappa shape index (κ2) is 1.76. The van der Waals surface area contributed by atoms with Crippen molar-refractivity contribution in [2.24, 2.45) is 0 Å². The highest BCUT2D eigenvalue weighted by atomic mass is 79.9. The molecule has 52 valence electrons. The summed E-state index contributed by atoms with van der Waals surface area (Å²) >= 11 is 3.46. The third kappa shape index (κ3) is 0.574. The average Bonchev–Trinajstić information content (AvgIpc) is 2.36. The Bertz CT molecular complexity index is 361. The SMILES string of the molecule is Cc1c(Br)c2oc1cc2C. The van der Waals surface area contributed by atoms with Crippen LogP contribution in [0.3, 0.4) is 0 Å². The molecule has 0 aliphatic rings. The van der Waals surface area contributed by atoms with E-state index in [9.17, 15) is 0 Å². The van der Waals surface area contributed by atoms with E-state index in [4.69, 9.17) is 4.42 Å². The third-order valence-corrected chi connectivity index (χ3v) is 2.77. The van der Waals surface area contributed by atoms with E-state index in [0.717, 1.165) is 15.6 Å². The van der Waals surface area contributed by atoms with Gasteiger partial charge in [-0.3, -0.25) is 0 Å². The molecule has 2 aromatic heterocycles. The molecule has 0 aromatic carbocycles. The molecule has 1 nitrogen and oxygen atoms in total. The van der Waals surface area contributed by atoms with Crippen LogP contribution in [0.5, 0.6) is 0 Å². The van der Waals surface area contributed by atoms with E-state index in [1.54, 1.807) is 0 Å². The Hall–Kier alpha value is -0.500. The van der Waals surface area contributed by atoms with Crippen molar-refractivity contribution in [1.29, 1.82) is 0 Å². The van der Waals surface area contributed by atoms with Gasteiger partial charge in [-0.05, 0) is 41.4 Å². The van der Waals surface area contributed by atoms with Crippen LogP contribution >= 0.6 is 15.9 Å². The number of rotatable bonds is 0. The quantitative estimate of drug-likeness (QED) is 0.634. The van der Waals surface area contributed by atoms with Gasteiger partial charge in [0.25, 0.3) is 0 Å². The van der Waals surface area contributed by atoms with Gasteiger partial charge in [0.1, 0.15) is 11.2 Å². The summed E-state index contributed by atoms with van der Waals surface area (Å²) in [6.07, 6.45) is 0. The van der Waals surface area contributed by atoms with Crippen LogP contribution in [0.15, 0.2) is 15.0 Å².